The van der Waals surface area contributed by atoms with E-state index in [9.17, 15) is 13.2 Å². The van der Waals surface area contributed by atoms with E-state index in [4.69, 9.17) is 11.6 Å². The molecule has 1 aromatic heterocycles. The highest BCUT2D eigenvalue weighted by atomic mass is 35.5. The molecule has 1 heterocycles. The van der Waals surface area contributed by atoms with Crippen LogP contribution < -0.4 is 9.62 Å². The molecule has 0 bridgehead atoms. The maximum absolute atomic E-state index is 13.4. The number of carbonyl (C=O) groups is 1. The van der Waals surface area contributed by atoms with E-state index in [0.717, 1.165) is 15.4 Å². The van der Waals surface area contributed by atoms with Gasteiger partial charge in [-0.1, -0.05) is 29.3 Å². The number of nitrogens with zero attached hydrogens (tertiary/aromatic N) is 2. The summed E-state index contributed by atoms with van der Waals surface area (Å²) in [7, 11) is -3.96. The fourth-order valence-electron chi connectivity index (χ4n) is 2.92. The quantitative estimate of drug-likeness (QED) is 0.601. The molecule has 0 saturated heterocycles. The van der Waals surface area contributed by atoms with Crippen molar-refractivity contribution in [2.45, 2.75) is 25.3 Å². The number of benzene rings is 2. The Morgan fingerprint density at radius 2 is 1.70 bits per heavy atom. The van der Waals surface area contributed by atoms with Crippen molar-refractivity contribution >= 4 is 33.2 Å². The molecule has 1 N–H and O–H groups in total. The Kier molecular flexibility index (Phi) is 6.74. The summed E-state index contributed by atoms with van der Waals surface area (Å²) in [6, 6.07) is 15.0. The van der Waals surface area contributed by atoms with Crippen LogP contribution in [0.3, 0.4) is 0 Å². The predicted molar refractivity (Wildman–Crippen MR) is 118 cm³/mol. The van der Waals surface area contributed by atoms with Crippen LogP contribution in [0, 0.1) is 13.8 Å². The van der Waals surface area contributed by atoms with Gasteiger partial charge in [-0.15, -0.1) is 0 Å². The van der Waals surface area contributed by atoms with Crippen molar-refractivity contribution in [1.29, 1.82) is 0 Å². The summed E-state index contributed by atoms with van der Waals surface area (Å²) in [5.74, 6) is -0.420. The van der Waals surface area contributed by atoms with E-state index in [0.29, 0.717) is 16.3 Å². The number of hydrogen-bond donors (Lipinski definition) is 1. The van der Waals surface area contributed by atoms with Crippen LogP contribution in [0.5, 0.6) is 0 Å². The number of pyridine rings is 1. The van der Waals surface area contributed by atoms with Crippen molar-refractivity contribution < 1.29 is 13.2 Å². The molecule has 0 unspecified atom stereocenters. The van der Waals surface area contributed by atoms with E-state index in [1.807, 2.05) is 6.92 Å². The number of aryl methyl sites for hydroxylation is 2. The van der Waals surface area contributed by atoms with E-state index in [2.05, 4.69) is 10.3 Å². The molecule has 0 aliphatic heterocycles. The zero-order valence-electron chi connectivity index (χ0n) is 16.7. The molecule has 0 radical (unpaired) electrons. The number of carbonyl (C=O) groups excluding carboxylic acids is 1. The second-order valence-corrected chi connectivity index (χ2v) is 9.19. The number of anilines is 1. The van der Waals surface area contributed by atoms with Crippen LogP contribution >= 0.6 is 11.6 Å². The lowest BCUT2D eigenvalue weighted by molar-refractivity contribution is -0.119. The van der Waals surface area contributed by atoms with Crippen molar-refractivity contribution in [2.75, 3.05) is 10.8 Å². The van der Waals surface area contributed by atoms with Crippen molar-refractivity contribution in [3.05, 3.63) is 88.7 Å². The molecule has 0 aliphatic carbocycles. The summed E-state index contributed by atoms with van der Waals surface area (Å²) in [6.07, 6.45) is 3.26. The van der Waals surface area contributed by atoms with Gasteiger partial charge in [0.2, 0.25) is 5.91 Å². The normalized spacial score (nSPS) is 11.2. The first-order valence-electron chi connectivity index (χ1n) is 9.28. The van der Waals surface area contributed by atoms with Gasteiger partial charge in [0.25, 0.3) is 10.0 Å². The number of aromatic nitrogens is 1. The van der Waals surface area contributed by atoms with Gasteiger partial charge in [-0.05, 0) is 67.4 Å². The van der Waals surface area contributed by atoms with Crippen molar-refractivity contribution in [2.24, 2.45) is 0 Å². The van der Waals surface area contributed by atoms with Gasteiger partial charge >= 0.3 is 0 Å². The molecule has 2 aromatic carbocycles. The van der Waals surface area contributed by atoms with Crippen LogP contribution in [0.1, 0.15) is 16.7 Å². The molecule has 156 valence electrons. The summed E-state index contributed by atoms with van der Waals surface area (Å²) in [6.45, 7) is 3.56. The number of rotatable bonds is 7. The van der Waals surface area contributed by atoms with Crippen LogP contribution in [-0.4, -0.2) is 25.9 Å². The summed E-state index contributed by atoms with van der Waals surface area (Å²) < 4.78 is 27.9. The van der Waals surface area contributed by atoms with Gasteiger partial charge in [-0.25, -0.2) is 8.42 Å². The van der Waals surface area contributed by atoms with Crippen LogP contribution in [0.25, 0.3) is 0 Å². The van der Waals surface area contributed by atoms with Crippen molar-refractivity contribution in [3.8, 4) is 0 Å². The van der Waals surface area contributed by atoms with Gasteiger partial charge in [-0.2, -0.15) is 0 Å². The zero-order chi connectivity index (χ0) is 21.7. The third-order valence-electron chi connectivity index (χ3n) is 4.56. The molecule has 1 amide bonds. The predicted octanol–water partition coefficient (Wildman–Crippen LogP) is 3.86. The molecule has 0 spiro atoms. The number of amides is 1. The molecule has 30 heavy (non-hydrogen) atoms. The Balaban J connectivity index is 1.91. The van der Waals surface area contributed by atoms with Gasteiger partial charge in [0.05, 0.1) is 10.6 Å². The summed E-state index contributed by atoms with van der Waals surface area (Å²) in [5.41, 5.74) is 2.87. The Hall–Kier alpha value is -2.90. The van der Waals surface area contributed by atoms with Gasteiger partial charge < -0.3 is 5.32 Å². The number of nitrogens with one attached hydrogen (secondary N) is 1. The van der Waals surface area contributed by atoms with Gasteiger partial charge in [0.15, 0.2) is 0 Å². The number of hydrogen-bond acceptors (Lipinski definition) is 4. The topological polar surface area (TPSA) is 79.4 Å². The highest BCUT2D eigenvalue weighted by molar-refractivity contribution is 7.92. The molecule has 6 nitrogen and oxygen atoms in total. The Morgan fingerprint density at radius 1 is 1.03 bits per heavy atom. The molecule has 0 aliphatic rings. The van der Waals surface area contributed by atoms with Crippen LogP contribution in [0.15, 0.2) is 71.9 Å². The minimum absolute atomic E-state index is 0.115. The second-order valence-electron chi connectivity index (χ2n) is 6.89. The van der Waals surface area contributed by atoms with Gasteiger partial charge in [0, 0.05) is 24.0 Å². The molecule has 3 rings (SSSR count). The standard InChI is InChI=1S/C22H22ClN3O3S/c1-16-3-6-20(7-4-16)30(28,29)26(21-8-5-19(23)13-17(21)2)15-22(27)25-14-18-9-11-24-12-10-18/h3-13H,14-15H2,1-2H3,(H,25,27). The van der Waals surface area contributed by atoms with Crippen molar-refractivity contribution in [3.63, 3.8) is 0 Å². The SMILES string of the molecule is Cc1ccc(S(=O)(=O)N(CC(=O)NCc2ccncc2)c2ccc(Cl)cc2C)cc1. The first-order valence-corrected chi connectivity index (χ1v) is 11.1. The van der Waals surface area contributed by atoms with Gasteiger partial charge in [-0.3, -0.25) is 14.1 Å². The average Bonchev–Trinajstić information content (AvgIpc) is 2.72. The highest BCUT2D eigenvalue weighted by Crippen LogP contribution is 2.29. The minimum atomic E-state index is -3.96. The molecular weight excluding hydrogens is 422 g/mol. The van der Waals surface area contributed by atoms with E-state index in [1.54, 1.807) is 61.8 Å². The van der Waals surface area contributed by atoms with E-state index < -0.39 is 15.9 Å². The molecule has 3 aromatic rings. The van der Waals surface area contributed by atoms with Crippen molar-refractivity contribution in [1.82, 2.24) is 10.3 Å². The Morgan fingerprint density at radius 3 is 2.33 bits per heavy atom. The third-order valence-corrected chi connectivity index (χ3v) is 6.57. The minimum Gasteiger partial charge on any atom is -0.350 e. The van der Waals surface area contributed by atoms with Crippen LogP contribution in [0.2, 0.25) is 5.02 Å². The molecule has 8 heteroatoms. The lowest BCUT2D eigenvalue weighted by atomic mass is 10.2. The number of sulfonamides is 1. The van der Waals surface area contributed by atoms with Gasteiger partial charge in [0.1, 0.15) is 6.54 Å². The lowest BCUT2D eigenvalue weighted by Crippen LogP contribution is -2.41. The monoisotopic (exact) mass is 443 g/mol. The second kappa shape index (κ2) is 9.28. The third kappa shape index (κ3) is 5.17. The Labute approximate surface area is 181 Å². The van der Waals surface area contributed by atoms with E-state index in [-0.39, 0.29) is 18.0 Å². The fourth-order valence-corrected chi connectivity index (χ4v) is 4.64. The molecular formula is C22H22ClN3O3S. The summed E-state index contributed by atoms with van der Waals surface area (Å²) in [4.78, 5) is 16.7. The first kappa shape index (κ1) is 21.8. The molecule has 0 atom stereocenters. The largest absolute Gasteiger partial charge is 0.350 e. The summed E-state index contributed by atoms with van der Waals surface area (Å²) >= 11 is 6.04. The fraction of sp³-hybridized carbons (Fsp3) is 0.182. The highest BCUT2D eigenvalue weighted by Gasteiger charge is 2.28. The molecule has 0 fully saturated rings. The maximum Gasteiger partial charge on any atom is 0.264 e. The average molecular weight is 444 g/mol. The maximum atomic E-state index is 13.4. The van der Waals surface area contributed by atoms with E-state index >= 15 is 0 Å². The lowest BCUT2D eigenvalue weighted by Gasteiger charge is -2.26. The number of halogens is 1. The molecule has 0 saturated carbocycles. The summed E-state index contributed by atoms with van der Waals surface area (Å²) in [5, 5.41) is 3.26. The van der Waals surface area contributed by atoms with E-state index in [1.165, 1.54) is 12.1 Å². The van der Waals surface area contributed by atoms with Crippen LogP contribution in [0.4, 0.5) is 5.69 Å². The first-order chi connectivity index (χ1) is 14.3. The Bertz CT molecular complexity index is 1130. The van der Waals surface area contributed by atoms with Crippen LogP contribution in [-0.2, 0) is 21.4 Å². The smallest absolute Gasteiger partial charge is 0.264 e. The zero-order valence-corrected chi connectivity index (χ0v) is 18.2.